The minimum atomic E-state index is -0.0587. The summed E-state index contributed by atoms with van der Waals surface area (Å²) in [6, 6.07) is 7.59. The first kappa shape index (κ1) is 15.2. The molecule has 1 aliphatic heterocycles. The zero-order valence-corrected chi connectivity index (χ0v) is 13.2. The lowest BCUT2D eigenvalue weighted by molar-refractivity contribution is 0.00470. The fourth-order valence-corrected chi connectivity index (χ4v) is 3.14. The SMILES string of the molecule is CCOC1CCN([C@@H](C)c2nc3ccccc3c(=O)[nH]2)CC1. The van der Waals surface area contributed by atoms with Crippen molar-refractivity contribution in [1.82, 2.24) is 14.9 Å². The van der Waals surface area contributed by atoms with E-state index in [2.05, 4.69) is 21.8 Å². The maximum absolute atomic E-state index is 12.2. The van der Waals surface area contributed by atoms with Gasteiger partial charge in [0, 0.05) is 19.7 Å². The van der Waals surface area contributed by atoms with E-state index in [1.54, 1.807) is 0 Å². The van der Waals surface area contributed by atoms with E-state index in [1.807, 2.05) is 31.2 Å². The summed E-state index contributed by atoms with van der Waals surface area (Å²) in [5, 5.41) is 0.647. The van der Waals surface area contributed by atoms with Crippen LogP contribution in [0.25, 0.3) is 10.9 Å². The second kappa shape index (κ2) is 6.58. The van der Waals surface area contributed by atoms with Gasteiger partial charge in [0.2, 0.25) is 0 Å². The van der Waals surface area contributed by atoms with E-state index in [1.165, 1.54) is 0 Å². The van der Waals surface area contributed by atoms with E-state index in [0.717, 1.165) is 43.9 Å². The molecule has 0 saturated carbocycles. The summed E-state index contributed by atoms with van der Waals surface area (Å²) >= 11 is 0. The Hall–Kier alpha value is -1.72. The maximum Gasteiger partial charge on any atom is 0.258 e. The molecule has 2 aromatic rings. The molecule has 1 N–H and O–H groups in total. The van der Waals surface area contributed by atoms with E-state index in [4.69, 9.17) is 4.74 Å². The van der Waals surface area contributed by atoms with E-state index >= 15 is 0 Å². The Balaban J connectivity index is 1.78. The summed E-state index contributed by atoms with van der Waals surface area (Å²) in [6.07, 6.45) is 2.45. The average Bonchev–Trinajstić information content (AvgIpc) is 2.55. The Kier molecular flexibility index (Phi) is 4.55. The van der Waals surface area contributed by atoms with Crippen molar-refractivity contribution in [2.45, 2.75) is 38.8 Å². The molecule has 1 aromatic heterocycles. The zero-order chi connectivity index (χ0) is 15.5. The van der Waals surface area contributed by atoms with Crippen LogP contribution >= 0.6 is 0 Å². The van der Waals surface area contributed by atoms with E-state index in [9.17, 15) is 4.79 Å². The molecule has 0 aliphatic carbocycles. The Bertz CT molecular complexity index is 690. The summed E-state index contributed by atoms with van der Waals surface area (Å²) in [7, 11) is 0. The van der Waals surface area contributed by atoms with Crippen LogP contribution in [0.1, 0.15) is 38.6 Å². The highest BCUT2D eigenvalue weighted by Crippen LogP contribution is 2.23. The molecule has 3 rings (SSSR count). The van der Waals surface area contributed by atoms with Crippen LogP contribution in [0, 0.1) is 0 Å². The smallest absolute Gasteiger partial charge is 0.258 e. The highest BCUT2D eigenvalue weighted by molar-refractivity contribution is 5.77. The predicted octanol–water partition coefficient (Wildman–Crippen LogP) is 2.49. The van der Waals surface area contributed by atoms with Gasteiger partial charge in [-0.05, 0) is 38.8 Å². The molecule has 5 heteroatoms. The highest BCUT2D eigenvalue weighted by atomic mass is 16.5. The van der Waals surface area contributed by atoms with Gasteiger partial charge in [-0.25, -0.2) is 4.98 Å². The lowest BCUT2D eigenvalue weighted by Gasteiger charge is -2.35. The third-order valence-electron chi connectivity index (χ3n) is 4.45. The number of rotatable bonds is 4. The number of nitrogens with one attached hydrogen (secondary N) is 1. The lowest BCUT2D eigenvalue weighted by atomic mass is 10.1. The number of hydrogen-bond acceptors (Lipinski definition) is 4. The number of aromatic nitrogens is 2. The first-order valence-electron chi connectivity index (χ1n) is 8.03. The highest BCUT2D eigenvalue weighted by Gasteiger charge is 2.25. The van der Waals surface area contributed by atoms with Crippen LogP contribution in [0.4, 0.5) is 0 Å². The van der Waals surface area contributed by atoms with Crippen molar-refractivity contribution >= 4 is 10.9 Å². The summed E-state index contributed by atoms with van der Waals surface area (Å²) in [5.74, 6) is 0.749. The standard InChI is InChI=1S/C17H23N3O2/c1-3-22-13-8-10-20(11-9-13)12(2)16-18-15-7-5-4-6-14(15)17(21)19-16/h4-7,12-13H,3,8-11H2,1-2H3,(H,18,19,21)/t12-/m0/s1. The first-order chi connectivity index (χ1) is 10.7. The zero-order valence-electron chi connectivity index (χ0n) is 13.2. The minimum Gasteiger partial charge on any atom is -0.378 e. The second-order valence-corrected chi connectivity index (χ2v) is 5.83. The number of fused-ring (bicyclic) bond motifs is 1. The van der Waals surface area contributed by atoms with Crippen molar-refractivity contribution in [3.63, 3.8) is 0 Å². The summed E-state index contributed by atoms with van der Waals surface area (Å²) in [4.78, 5) is 22.1. The van der Waals surface area contributed by atoms with E-state index in [-0.39, 0.29) is 11.6 Å². The van der Waals surface area contributed by atoms with Gasteiger partial charge < -0.3 is 9.72 Å². The van der Waals surface area contributed by atoms with Crippen LogP contribution in [0.2, 0.25) is 0 Å². The number of aromatic amines is 1. The molecule has 1 fully saturated rings. The molecule has 22 heavy (non-hydrogen) atoms. The van der Waals surface area contributed by atoms with Crippen LogP contribution in [0.3, 0.4) is 0 Å². The molecule has 0 bridgehead atoms. The van der Waals surface area contributed by atoms with E-state index < -0.39 is 0 Å². The normalized spacial score (nSPS) is 18.6. The number of likely N-dealkylation sites (tertiary alicyclic amines) is 1. The number of nitrogens with zero attached hydrogens (tertiary/aromatic N) is 2. The Labute approximate surface area is 130 Å². The minimum absolute atomic E-state index is 0.0587. The second-order valence-electron chi connectivity index (χ2n) is 5.83. The quantitative estimate of drug-likeness (QED) is 0.942. The van der Waals surface area contributed by atoms with Gasteiger partial charge in [0.1, 0.15) is 5.82 Å². The number of para-hydroxylation sites is 1. The fourth-order valence-electron chi connectivity index (χ4n) is 3.14. The Morgan fingerprint density at radius 3 is 2.82 bits per heavy atom. The van der Waals surface area contributed by atoms with Crippen LogP contribution in [-0.4, -0.2) is 40.7 Å². The number of ether oxygens (including phenoxy) is 1. The summed E-state index contributed by atoms with van der Waals surface area (Å²) in [5.41, 5.74) is 0.703. The van der Waals surface area contributed by atoms with Crippen LogP contribution in [-0.2, 0) is 4.74 Å². The van der Waals surface area contributed by atoms with E-state index in [0.29, 0.717) is 11.5 Å². The van der Waals surface area contributed by atoms with Gasteiger partial charge in [-0.1, -0.05) is 12.1 Å². The van der Waals surface area contributed by atoms with Crippen LogP contribution < -0.4 is 5.56 Å². The number of benzene rings is 1. The molecule has 1 saturated heterocycles. The van der Waals surface area contributed by atoms with Crippen molar-refractivity contribution < 1.29 is 4.74 Å². The van der Waals surface area contributed by atoms with Crippen molar-refractivity contribution in [2.75, 3.05) is 19.7 Å². The van der Waals surface area contributed by atoms with Gasteiger partial charge in [-0.2, -0.15) is 0 Å². The van der Waals surface area contributed by atoms with Crippen molar-refractivity contribution in [3.8, 4) is 0 Å². The monoisotopic (exact) mass is 301 g/mol. The summed E-state index contributed by atoms with van der Waals surface area (Å²) in [6.45, 7) is 6.87. The van der Waals surface area contributed by atoms with Crippen molar-refractivity contribution in [1.29, 1.82) is 0 Å². The van der Waals surface area contributed by atoms with Gasteiger partial charge in [-0.3, -0.25) is 9.69 Å². The third-order valence-corrected chi connectivity index (χ3v) is 4.45. The largest absolute Gasteiger partial charge is 0.378 e. The van der Waals surface area contributed by atoms with Gasteiger partial charge >= 0.3 is 0 Å². The molecule has 0 amide bonds. The molecular weight excluding hydrogens is 278 g/mol. The van der Waals surface area contributed by atoms with Gasteiger partial charge in [0.25, 0.3) is 5.56 Å². The molecular formula is C17H23N3O2. The number of piperidine rings is 1. The maximum atomic E-state index is 12.2. The van der Waals surface area contributed by atoms with Gasteiger partial charge in [-0.15, -0.1) is 0 Å². The van der Waals surface area contributed by atoms with Crippen LogP contribution in [0.15, 0.2) is 29.1 Å². The molecule has 1 aromatic carbocycles. The van der Waals surface area contributed by atoms with Crippen molar-refractivity contribution in [2.24, 2.45) is 0 Å². The molecule has 5 nitrogen and oxygen atoms in total. The first-order valence-corrected chi connectivity index (χ1v) is 8.03. The molecule has 1 atom stereocenters. The molecule has 2 heterocycles. The molecule has 0 radical (unpaired) electrons. The van der Waals surface area contributed by atoms with Gasteiger partial charge in [0.15, 0.2) is 0 Å². The molecule has 118 valence electrons. The summed E-state index contributed by atoms with van der Waals surface area (Å²) < 4.78 is 5.69. The molecule has 0 spiro atoms. The number of hydrogen-bond donors (Lipinski definition) is 1. The average molecular weight is 301 g/mol. The van der Waals surface area contributed by atoms with Crippen LogP contribution in [0.5, 0.6) is 0 Å². The Morgan fingerprint density at radius 2 is 2.09 bits per heavy atom. The van der Waals surface area contributed by atoms with Crippen molar-refractivity contribution in [3.05, 3.63) is 40.4 Å². The molecule has 1 aliphatic rings. The topological polar surface area (TPSA) is 58.2 Å². The molecule has 0 unspecified atom stereocenters. The third kappa shape index (κ3) is 3.05. The lowest BCUT2D eigenvalue weighted by Crippen LogP contribution is -2.39. The number of H-pyrrole nitrogens is 1. The fraction of sp³-hybridized carbons (Fsp3) is 0.529. The predicted molar refractivity (Wildman–Crippen MR) is 87.0 cm³/mol. The Morgan fingerprint density at radius 1 is 1.36 bits per heavy atom. The van der Waals surface area contributed by atoms with Gasteiger partial charge in [0.05, 0.1) is 23.0 Å².